The second kappa shape index (κ2) is 5.44. The lowest BCUT2D eigenvalue weighted by Gasteiger charge is -2.21. The molecule has 1 heterocycles. The van der Waals surface area contributed by atoms with Gasteiger partial charge in [-0.15, -0.1) is 0 Å². The molecule has 1 aromatic rings. The Morgan fingerprint density at radius 1 is 1.45 bits per heavy atom. The Kier molecular flexibility index (Phi) is 3.66. The molecule has 3 rings (SSSR count). The number of nitrogens with one attached hydrogen (secondary N) is 2. The number of fused-ring (bicyclic) bond motifs is 1. The summed E-state index contributed by atoms with van der Waals surface area (Å²) in [6.45, 7) is 2.93. The zero-order chi connectivity index (χ0) is 14.1. The van der Waals surface area contributed by atoms with Crippen molar-refractivity contribution in [2.24, 2.45) is 11.8 Å². The Hall–Kier alpha value is -1.55. The largest absolute Gasteiger partial charge is 0.508 e. The van der Waals surface area contributed by atoms with E-state index >= 15 is 0 Å². The summed E-state index contributed by atoms with van der Waals surface area (Å²) in [4.78, 5) is 12.4. The van der Waals surface area contributed by atoms with Crippen LogP contribution in [0.25, 0.3) is 0 Å². The van der Waals surface area contributed by atoms with Crippen molar-refractivity contribution in [1.29, 1.82) is 0 Å². The Labute approximate surface area is 119 Å². The molecule has 2 fully saturated rings. The van der Waals surface area contributed by atoms with Gasteiger partial charge in [0.05, 0.1) is 12.1 Å². The molecule has 2 aliphatic rings. The summed E-state index contributed by atoms with van der Waals surface area (Å²) in [5.41, 5.74) is 0.930. The van der Waals surface area contributed by atoms with Gasteiger partial charge in [0, 0.05) is 0 Å². The summed E-state index contributed by atoms with van der Waals surface area (Å²) >= 11 is 0. The molecule has 0 bridgehead atoms. The lowest BCUT2D eigenvalue weighted by Crippen LogP contribution is -2.44. The molecule has 1 aliphatic heterocycles. The topological polar surface area (TPSA) is 61.4 Å². The predicted octanol–water partition coefficient (Wildman–Crippen LogP) is 1.96. The van der Waals surface area contributed by atoms with Gasteiger partial charge in [0.15, 0.2) is 0 Å². The minimum absolute atomic E-state index is 0.0396. The number of carbonyl (C=O) groups is 1. The predicted molar refractivity (Wildman–Crippen MR) is 77.3 cm³/mol. The Balaban J connectivity index is 1.64. The number of phenols is 1. The number of amides is 1. The third kappa shape index (κ3) is 2.52. The van der Waals surface area contributed by atoms with Crippen molar-refractivity contribution in [2.75, 3.05) is 6.54 Å². The lowest BCUT2D eigenvalue weighted by atomic mass is 9.93. The average Bonchev–Trinajstić information content (AvgIpc) is 3.00. The van der Waals surface area contributed by atoms with Crippen molar-refractivity contribution in [3.05, 3.63) is 29.8 Å². The zero-order valence-electron chi connectivity index (χ0n) is 11.8. The third-order valence-electron chi connectivity index (χ3n) is 4.76. The number of rotatable bonds is 3. The molecule has 4 atom stereocenters. The summed E-state index contributed by atoms with van der Waals surface area (Å²) in [6.07, 6.45) is 3.67. The third-order valence-corrected chi connectivity index (χ3v) is 4.76. The fourth-order valence-electron chi connectivity index (χ4n) is 3.66. The molecule has 1 saturated carbocycles. The highest BCUT2D eigenvalue weighted by molar-refractivity contribution is 5.83. The van der Waals surface area contributed by atoms with E-state index in [2.05, 4.69) is 10.6 Å². The fourth-order valence-corrected chi connectivity index (χ4v) is 3.66. The number of phenolic OH excluding ortho intramolecular Hbond substituents is 1. The van der Waals surface area contributed by atoms with Crippen LogP contribution in [0.3, 0.4) is 0 Å². The van der Waals surface area contributed by atoms with E-state index < -0.39 is 0 Å². The molecule has 20 heavy (non-hydrogen) atoms. The number of hydrogen-bond acceptors (Lipinski definition) is 3. The first-order valence-corrected chi connectivity index (χ1v) is 7.48. The van der Waals surface area contributed by atoms with E-state index in [0.29, 0.717) is 11.8 Å². The van der Waals surface area contributed by atoms with Gasteiger partial charge < -0.3 is 15.7 Å². The fraction of sp³-hybridized carbons (Fsp3) is 0.562. The standard InChI is InChI=1S/C16H22N2O2/c1-10(11-4-2-6-13(19)8-11)18-16(20)15-14-7-3-5-12(14)9-17-15/h2,4,6,8,10,12,14-15,17,19H,3,5,7,9H2,1H3,(H,18,20). The highest BCUT2D eigenvalue weighted by Gasteiger charge is 2.42. The number of aromatic hydroxyl groups is 1. The highest BCUT2D eigenvalue weighted by Crippen LogP contribution is 2.37. The van der Waals surface area contributed by atoms with Crippen molar-refractivity contribution in [3.63, 3.8) is 0 Å². The Morgan fingerprint density at radius 3 is 3.10 bits per heavy atom. The van der Waals surface area contributed by atoms with Crippen molar-refractivity contribution in [1.82, 2.24) is 10.6 Å². The van der Waals surface area contributed by atoms with Gasteiger partial charge >= 0.3 is 0 Å². The number of hydrogen-bond donors (Lipinski definition) is 3. The van der Waals surface area contributed by atoms with Crippen LogP contribution in [0.15, 0.2) is 24.3 Å². The second-order valence-corrected chi connectivity index (χ2v) is 6.07. The summed E-state index contributed by atoms with van der Waals surface area (Å²) in [5.74, 6) is 1.52. The average molecular weight is 274 g/mol. The first-order chi connectivity index (χ1) is 9.65. The summed E-state index contributed by atoms with van der Waals surface area (Å²) in [6, 6.07) is 6.93. The smallest absolute Gasteiger partial charge is 0.237 e. The molecule has 1 aromatic carbocycles. The van der Waals surface area contributed by atoms with Crippen LogP contribution in [-0.2, 0) is 4.79 Å². The van der Waals surface area contributed by atoms with E-state index in [-0.39, 0.29) is 23.7 Å². The van der Waals surface area contributed by atoms with Crippen LogP contribution in [0.4, 0.5) is 0 Å². The van der Waals surface area contributed by atoms with E-state index in [1.54, 1.807) is 18.2 Å². The van der Waals surface area contributed by atoms with Gasteiger partial charge in [-0.25, -0.2) is 0 Å². The second-order valence-electron chi connectivity index (χ2n) is 6.07. The van der Waals surface area contributed by atoms with Crippen molar-refractivity contribution < 1.29 is 9.90 Å². The quantitative estimate of drug-likeness (QED) is 0.789. The van der Waals surface area contributed by atoms with Crippen molar-refractivity contribution in [2.45, 2.75) is 38.3 Å². The molecular weight excluding hydrogens is 252 g/mol. The molecular formula is C16H22N2O2. The van der Waals surface area contributed by atoms with Crippen molar-refractivity contribution in [3.8, 4) is 5.75 Å². The zero-order valence-corrected chi connectivity index (χ0v) is 11.8. The highest BCUT2D eigenvalue weighted by atomic mass is 16.3. The SMILES string of the molecule is CC(NC(=O)C1NCC2CCCC21)c1cccc(O)c1. The normalized spacial score (nSPS) is 29.9. The first kappa shape index (κ1) is 13.4. The summed E-state index contributed by atoms with van der Waals surface area (Å²) in [5, 5.41) is 15.9. The van der Waals surface area contributed by atoms with Gasteiger partial charge in [0.2, 0.25) is 5.91 Å². The van der Waals surface area contributed by atoms with Gasteiger partial charge in [-0.3, -0.25) is 4.79 Å². The number of benzene rings is 1. The van der Waals surface area contributed by atoms with Crippen LogP contribution >= 0.6 is 0 Å². The minimum Gasteiger partial charge on any atom is -0.508 e. The summed E-state index contributed by atoms with van der Waals surface area (Å²) in [7, 11) is 0. The molecule has 0 radical (unpaired) electrons. The lowest BCUT2D eigenvalue weighted by molar-refractivity contribution is -0.124. The van der Waals surface area contributed by atoms with Gasteiger partial charge in [0.1, 0.15) is 5.75 Å². The van der Waals surface area contributed by atoms with E-state index in [1.807, 2.05) is 13.0 Å². The maximum Gasteiger partial charge on any atom is 0.237 e. The van der Waals surface area contributed by atoms with Crippen LogP contribution < -0.4 is 10.6 Å². The minimum atomic E-state index is -0.0862. The molecule has 0 aromatic heterocycles. The maximum absolute atomic E-state index is 12.4. The molecule has 1 saturated heterocycles. The first-order valence-electron chi connectivity index (χ1n) is 7.48. The van der Waals surface area contributed by atoms with E-state index in [1.165, 1.54) is 12.8 Å². The molecule has 1 amide bonds. The van der Waals surface area contributed by atoms with Crippen LogP contribution in [0.1, 0.15) is 37.8 Å². The maximum atomic E-state index is 12.4. The molecule has 4 unspecified atom stereocenters. The van der Waals surface area contributed by atoms with E-state index in [4.69, 9.17) is 0 Å². The van der Waals surface area contributed by atoms with Crippen LogP contribution in [-0.4, -0.2) is 23.6 Å². The van der Waals surface area contributed by atoms with Crippen LogP contribution in [0.2, 0.25) is 0 Å². The van der Waals surface area contributed by atoms with Crippen LogP contribution in [0.5, 0.6) is 5.75 Å². The monoisotopic (exact) mass is 274 g/mol. The summed E-state index contributed by atoms with van der Waals surface area (Å²) < 4.78 is 0. The van der Waals surface area contributed by atoms with Gasteiger partial charge in [-0.2, -0.15) is 0 Å². The molecule has 4 nitrogen and oxygen atoms in total. The van der Waals surface area contributed by atoms with Gasteiger partial charge in [-0.05, 0) is 55.8 Å². The molecule has 3 N–H and O–H groups in total. The van der Waals surface area contributed by atoms with Crippen molar-refractivity contribution >= 4 is 5.91 Å². The van der Waals surface area contributed by atoms with Gasteiger partial charge in [0.25, 0.3) is 0 Å². The number of carbonyl (C=O) groups excluding carboxylic acids is 1. The Bertz CT molecular complexity index is 503. The Morgan fingerprint density at radius 2 is 2.30 bits per heavy atom. The van der Waals surface area contributed by atoms with Crippen LogP contribution in [0, 0.1) is 11.8 Å². The molecule has 4 heteroatoms. The molecule has 1 aliphatic carbocycles. The van der Waals surface area contributed by atoms with Gasteiger partial charge in [-0.1, -0.05) is 18.6 Å². The molecule has 0 spiro atoms. The van der Waals surface area contributed by atoms with E-state index in [9.17, 15) is 9.90 Å². The molecule has 108 valence electrons. The van der Waals surface area contributed by atoms with E-state index in [0.717, 1.165) is 18.5 Å².